The van der Waals surface area contributed by atoms with Crippen molar-refractivity contribution >= 4 is 5.96 Å². The Balaban J connectivity index is 1.67. The molecule has 0 aliphatic carbocycles. The van der Waals surface area contributed by atoms with Gasteiger partial charge in [-0.3, -0.25) is 9.89 Å². The summed E-state index contributed by atoms with van der Waals surface area (Å²) in [4.78, 5) is 9.16. The number of unbranched alkanes of at least 4 members (excludes halogenated alkanes) is 1. The summed E-state index contributed by atoms with van der Waals surface area (Å²) < 4.78 is 0. The van der Waals surface area contributed by atoms with Gasteiger partial charge in [0, 0.05) is 46.8 Å². The second-order valence-corrected chi connectivity index (χ2v) is 6.40. The first kappa shape index (κ1) is 17.8. The number of hydrogen-bond acceptors (Lipinski definition) is 2. The van der Waals surface area contributed by atoms with Crippen molar-refractivity contribution in [1.29, 1.82) is 0 Å². The summed E-state index contributed by atoms with van der Waals surface area (Å²) in [5, 5.41) is 3.49. The maximum atomic E-state index is 4.37. The SMILES string of the molecule is CCCCN(C)C(=NC)NCCCN1CCc2ccccc2C1. The summed E-state index contributed by atoms with van der Waals surface area (Å²) in [7, 11) is 3.99. The van der Waals surface area contributed by atoms with Gasteiger partial charge in [-0.05, 0) is 30.4 Å². The summed E-state index contributed by atoms with van der Waals surface area (Å²) in [5.41, 5.74) is 3.03. The predicted octanol–water partition coefficient (Wildman–Crippen LogP) is 2.74. The van der Waals surface area contributed by atoms with Gasteiger partial charge in [0.15, 0.2) is 5.96 Å². The lowest BCUT2D eigenvalue weighted by Crippen LogP contribution is -2.40. The lowest BCUT2D eigenvalue weighted by Gasteiger charge is -2.29. The lowest BCUT2D eigenvalue weighted by atomic mass is 10.00. The van der Waals surface area contributed by atoms with E-state index in [4.69, 9.17) is 0 Å². The summed E-state index contributed by atoms with van der Waals surface area (Å²) in [6.45, 7) is 7.71. The third-order valence-electron chi connectivity index (χ3n) is 4.56. The largest absolute Gasteiger partial charge is 0.356 e. The first-order valence-electron chi connectivity index (χ1n) is 8.95. The fraction of sp³-hybridized carbons (Fsp3) is 0.632. The van der Waals surface area contributed by atoms with Crippen LogP contribution in [0.4, 0.5) is 0 Å². The normalized spacial score (nSPS) is 15.3. The Labute approximate surface area is 141 Å². The van der Waals surface area contributed by atoms with E-state index in [1.807, 2.05) is 7.05 Å². The van der Waals surface area contributed by atoms with Gasteiger partial charge in [0.05, 0.1) is 0 Å². The Morgan fingerprint density at radius 3 is 2.78 bits per heavy atom. The smallest absolute Gasteiger partial charge is 0.193 e. The Morgan fingerprint density at radius 1 is 1.26 bits per heavy atom. The summed E-state index contributed by atoms with van der Waals surface area (Å²) in [6, 6.07) is 8.84. The molecule has 1 aromatic carbocycles. The van der Waals surface area contributed by atoms with Gasteiger partial charge in [-0.25, -0.2) is 0 Å². The van der Waals surface area contributed by atoms with Crippen LogP contribution in [0.15, 0.2) is 29.3 Å². The molecular formula is C19H32N4. The van der Waals surface area contributed by atoms with Gasteiger partial charge in [0.1, 0.15) is 0 Å². The first-order chi connectivity index (χ1) is 11.2. The van der Waals surface area contributed by atoms with Gasteiger partial charge >= 0.3 is 0 Å². The molecule has 1 aromatic rings. The highest BCUT2D eigenvalue weighted by Gasteiger charge is 2.14. The van der Waals surface area contributed by atoms with Crippen LogP contribution in [0.2, 0.25) is 0 Å². The predicted molar refractivity (Wildman–Crippen MR) is 98.9 cm³/mol. The molecule has 1 aliphatic heterocycles. The molecule has 4 nitrogen and oxygen atoms in total. The zero-order chi connectivity index (χ0) is 16.5. The van der Waals surface area contributed by atoms with Crippen molar-refractivity contribution in [1.82, 2.24) is 15.1 Å². The molecule has 4 heteroatoms. The molecule has 2 rings (SSSR count). The van der Waals surface area contributed by atoms with Crippen molar-refractivity contribution in [3.8, 4) is 0 Å². The fourth-order valence-corrected chi connectivity index (χ4v) is 3.13. The van der Waals surface area contributed by atoms with Crippen LogP contribution in [-0.2, 0) is 13.0 Å². The zero-order valence-electron chi connectivity index (χ0n) is 15.0. The van der Waals surface area contributed by atoms with Crippen molar-refractivity contribution in [3.63, 3.8) is 0 Å². The zero-order valence-corrected chi connectivity index (χ0v) is 15.0. The van der Waals surface area contributed by atoms with Crippen LogP contribution in [0.5, 0.6) is 0 Å². The van der Waals surface area contributed by atoms with Crippen molar-refractivity contribution in [2.45, 2.75) is 39.2 Å². The molecule has 128 valence electrons. The number of rotatable bonds is 7. The molecule has 0 amide bonds. The van der Waals surface area contributed by atoms with E-state index in [1.54, 1.807) is 0 Å². The number of nitrogens with zero attached hydrogens (tertiary/aromatic N) is 3. The highest BCUT2D eigenvalue weighted by atomic mass is 15.3. The number of guanidine groups is 1. The van der Waals surface area contributed by atoms with E-state index in [-0.39, 0.29) is 0 Å². The molecule has 0 saturated heterocycles. The molecule has 0 bridgehead atoms. The van der Waals surface area contributed by atoms with Crippen LogP contribution in [0.1, 0.15) is 37.3 Å². The van der Waals surface area contributed by atoms with Crippen molar-refractivity contribution < 1.29 is 0 Å². The molecule has 0 radical (unpaired) electrons. The van der Waals surface area contributed by atoms with Gasteiger partial charge in [0.2, 0.25) is 0 Å². The summed E-state index contributed by atoms with van der Waals surface area (Å²) in [6.07, 6.45) is 4.77. The minimum Gasteiger partial charge on any atom is -0.356 e. The topological polar surface area (TPSA) is 30.9 Å². The second kappa shape index (κ2) is 9.56. The number of benzene rings is 1. The van der Waals surface area contributed by atoms with Crippen LogP contribution in [0.3, 0.4) is 0 Å². The van der Waals surface area contributed by atoms with Gasteiger partial charge in [0.25, 0.3) is 0 Å². The lowest BCUT2D eigenvalue weighted by molar-refractivity contribution is 0.251. The van der Waals surface area contributed by atoms with E-state index in [9.17, 15) is 0 Å². The second-order valence-electron chi connectivity index (χ2n) is 6.40. The molecule has 0 fully saturated rings. The monoisotopic (exact) mass is 316 g/mol. The maximum absolute atomic E-state index is 4.37. The van der Waals surface area contributed by atoms with Gasteiger partial charge in [-0.2, -0.15) is 0 Å². The van der Waals surface area contributed by atoms with E-state index in [2.05, 4.69) is 58.3 Å². The Hall–Kier alpha value is -1.55. The van der Waals surface area contributed by atoms with E-state index in [1.165, 1.54) is 36.9 Å². The quantitative estimate of drug-likeness (QED) is 0.477. The summed E-state index contributed by atoms with van der Waals surface area (Å²) >= 11 is 0. The standard InChI is InChI=1S/C19H32N4/c1-4-5-13-22(3)19(20-2)21-12-8-14-23-15-11-17-9-6-7-10-18(17)16-23/h6-7,9-10H,4-5,8,11-16H2,1-3H3,(H,20,21). The molecule has 0 unspecified atom stereocenters. The average molecular weight is 316 g/mol. The minimum atomic E-state index is 0.987. The van der Waals surface area contributed by atoms with Crippen LogP contribution < -0.4 is 5.32 Å². The van der Waals surface area contributed by atoms with E-state index in [0.717, 1.165) is 38.6 Å². The van der Waals surface area contributed by atoms with Crippen LogP contribution in [-0.4, -0.2) is 56.0 Å². The molecule has 23 heavy (non-hydrogen) atoms. The molecular weight excluding hydrogens is 284 g/mol. The molecule has 0 saturated carbocycles. The first-order valence-corrected chi connectivity index (χ1v) is 8.95. The number of fused-ring (bicyclic) bond motifs is 1. The van der Waals surface area contributed by atoms with Gasteiger partial charge < -0.3 is 10.2 Å². The fourth-order valence-electron chi connectivity index (χ4n) is 3.13. The Kier molecular flexibility index (Phi) is 7.40. The molecule has 1 N–H and O–H groups in total. The van der Waals surface area contributed by atoms with Gasteiger partial charge in [-0.15, -0.1) is 0 Å². The summed E-state index contributed by atoms with van der Waals surface area (Å²) in [5.74, 6) is 1.02. The van der Waals surface area contributed by atoms with Crippen LogP contribution in [0.25, 0.3) is 0 Å². The van der Waals surface area contributed by atoms with E-state index >= 15 is 0 Å². The Bertz CT molecular complexity index is 498. The Morgan fingerprint density at radius 2 is 2.04 bits per heavy atom. The number of aliphatic imine (C=N–C) groups is 1. The minimum absolute atomic E-state index is 0.987. The van der Waals surface area contributed by atoms with Gasteiger partial charge in [-0.1, -0.05) is 37.6 Å². The highest BCUT2D eigenvalue weighted by Crippen LogP contribution is 2.18. The van der Waals surface area contributed by atoms with Crippen LogP contribution >= 0.6 is 0 Å². The van der Waals surface area contributed by atoms with Crippen LogP contribution in [0, 0.1) is 0 Å². The molecule has 1 aliphatic rings. The molecule has 0 atom stereocenters. The number of nitrogens with one attached hydrogen (secondary N) is 1. The van der Waals surface area contributed by atoms with Crippen molar-refractivity contribution in [2.24, 2.45) is 4.99 Å². The third-order valence-corrected chi connectivity index (χ3v) is 4.56. The molecule has 0 spiro atoms. The average Bonchev–Trinajstić information content (AvgIpc) is 2.59. The highest BCUT2D eigenvalue weighted by molar-refractivity contribution is 5.79. The third kappa shape index (κ3) is 5.54. The number of hydrogen-bond donors (Lipinski definition) is 1. The van der Waals surface area contributed by atoms with Crippen molar-refractivity contribution in [2.75, 3.05) is 40.3 Å². The maximum Gasteiger partial charge on any atom is 0.193 e. The van der Waals surface area contributed by atoms with E-state index in [0.29, 0.717) is 0 Å². The molecule has 1 heterocycles. The molecule has 0 aromatic heterocycles. The van der Waals surface area contributed by atoms with Crippen molar-refractivity contribution in [3.05, 3.63) is 35.4 Å². The van der Waals surface area contributed by atoms with E-state index < -0.39 is 0 Å².